The maximum absolute atomic E-state index is 11.5. The normalized spacial score (nSPS) is 16.2. The molecule has 1 aromatic rings. The van der Waals surface area contributed by atoms with Crippen molar-refractivity contribution in [1.29, 1.82) is 0 Å². The van der Waals surface area contributed by atoms with Crippen LogP contribution in [-0.4, -0.2) is 36.3 Å². The lowest BCUT2D eigenvalue weighted by molar-refractivity contribution is 0.377. The van der Waals surface area contributed by atoms with Gasteiger partial charge in [-0.1, -0.05) is 6.92 Å². The van der Waals surface area contributed by atoms with Crippen molar-refractivity contribution < 1.29 is 8.42 Å². The summed E-state index contributed by atoms with van der Waals surface area (Å²) in [4.78, 5) is 4.67. The Bertz CT molecular complexity index is 590. The second-order valence-corrected chi connectivity index (χ2v) is 7.79. The van der Waals surface area contributed by atoms with E-state index in [0.717, 1.165) is 37.4 Å². The summed E-state index contributed by atoms with van der Waals surface area (Å²) in [7, 11) is -3.22. The molecule has 6 nitrogen and oxygen atoms in total. The minimum absolute atomic E-state index is 0.531. The zero-order valence-corrected chi connectivity index (χ0v) is 13.5. The number of hydrogen-bond donors (Lipinski definition) is 2. The molecule has 0 radical (unpaired) electrons. The first-order valence-electron chi connectivity index (χ1n) is 6.98. The minimum atomic E-state index is -3.22. The van der Waals surface area contributed by atoms with Crippen molar-refractivity contribution >= 4 is 10.0 Å². The third-order valence-electron chi connectivity index (χ3n) is 3.40. The fraction of sp³-hybridized carbons (Fsp3) is 0.769. The molecule has 1 aliphatic heterocycles. The number of sulfonamides is 1. The molecule has 0 aliphatic carbocycles. The van der Waals surface area contributed by atoms with Crippen molar-refractivity contribution in [1.82, 2.24) is 19.6 Å². The van der Waals surface area contributed by atoms with Gasteiger partial charge in [-0.15, -0.1) is 0 Å². The lowest BCUT2D eigenvalue weighted by Crippen LogP contribution is -2.46. The summed E-state index contributed by atoms with van der Waals surface area (Å²) in [5.74, 6) is 1.03. The molecule has 0 atom stereocenters. The highest BCUT2D eigenvalue weighted by Crippen LogP contribution is 2.20. The average Bonchev–Trinajstić information content (AvgIpc) is 2.64. The second kappa shape index (κ2) is 5.46. The minimum Gasteiger partial charge on any atom is -0.330 e. The topological polar surface area (TPSA) is 76.0 Å². The molecule has 0 spiro atoms. The van der Waals surface area contributed by atoms with Crippen LogP contribution in [0.3, 0.4) is 0 Å². The van der Waals surface area contributed by atoms with Crippen LogP contribution in [0.15, 0.2) is 0 Å². The van der Waals surface area contributed by atoms with Gasteiger partial charge in [0.1, 0.15) is 5.82 Å². The van der Waals surface area contributed by atoms with Gasteiger partial charge in [-0.05, 0) is 13.8 Å². The zero-order chi connectivity index (χ0) is 15.0. The molecule has 1 aliphatic rings. The first-order valence-corrected chi connectivity index (χ1v) is 8.88. The summed E-state index contributed by atoms with van der Waals surface area (Å²) < 4.78 is 27.8. The molecule has 114 valence electrons. The molecule has 7 heteroatoms. The smallest absolute Gasteiger partial charge is 0.209 e. The van der Waals surface area contributed by atoms with E-state index in [1.807, 2.05) is 13.8 Å². The molecule has 1 aromatic heterocycles. The predicted molar refractivity (Wildman–Crippen MR) is 79.1 cm³/mol. The summed E-state index contributed by atoms with van der Waals surface area (Å²) in [6.07, 6.45) is 2.99. The first kappa shape index (κ1) is 15.5. The van der Waals surface area contributed by atoms with Gasteiger partial charge in [0.05, 0.1) is 11.9 Å². The Balaban J connectivity index is 2.30. The van der Waals surface area contributed by atoms with Crippen LogP contribution in [0.25, 0.3) is 0 Å². The SMILES string of the molecule is CCc1nc2c(n1CC(C)(C)NS(C)(=O)=O)CCNC2. The lowest BCUT2D eigenvalue weighted by Gasteiger charge is -2.28. The molecule has 2 N–H and O–H groups in total. The van der Waals surface area contributed by atoms with Crippen LogP contribution in [0, 0.1) is 0 Å². The molecule has 0 amide bonds. The summed E-state index contributed by atoms with van der Waals surface area (Å²) in [5, 5.41) is 3.32. The van der Waals surface area contributed by atoms with E-state index in [-0.39, 0.29) is 0 Å². The van der Waals surface area contributed by atoms with Crippen molar-refractivity contribution in [3.8, 4) is 0 Å². The maximum atomic E-state index is 11.5. The number of imidazole rings is 1. The van der Waals surface area contributed by atoms with E-state index in [2.05, 4.69) is 26.5 Å². The largest absolute Gasteiger partial charge is 0.330 e. The molecule has 0 unspecified atom stereocenters. The second-order valence-electron chi connectivity index (χ2n) is 6.05. The Labute approximate surface area is 121 Å². The highest BCUT2D eigenvalue weighted by molar-refractivity contribution is 7.88. The van der Waals surface area contributed by atoms with Gasteiger partial charge in [-0.2, -0.15) is 0 Å². The number of fused-ring (bicyclic) bond motifs is 1. The quantitative estimate of drug-likeness (QED) is 0.826. The Morgan fingerprint density at radius 3 is 2.75 bits per heavy atom. The molecule has 20 heavy (non-hydrogen) atoms. The van der Waals surface area contributed by atoms with E-state index in [9.17, 15) is 8.42 Å². The Morgan fingerprint density at radius 2 is 2.15 bits per heavy atom. The highest BCUT2D eigenvalue weighted by atomic mass is 32.2. The van der Waals surface area contributed by atoms with Crippen LogP contribution in [0.2, 0.25) is 0 Å². The van der Waals surface area contributed by atoms with Crippen LogP contribution >= 0.6 is 0 Å². The van der Waals surface area contributed by atoms with Gasteiger partial charge in [0.25, 0.3) is 0 Å². The lowest BCUT2D eigenvalue weighted by atomic mass is 10.1. The third kappa shape index (κ3) is 3.59. The molecular weight excluding hydrogens is 276 g/mol. The number of nitrogens with one attached hydrogen (secondary N) is 2. The number of aryl methyl sites for hydroxylation is 1. The molecular formula is C13H24N4O2S. The van der Waals surface area contributed by atoms with E-state index in [1.165, 1.54) is 11.9 Å². The van der Waals surface area contributed by atoms with E-state index < -0.39 is 15.6 Å². The molecule has 2 heterocycles. The number of nitrogens with zero attached hydrogens (tertiary/aromatic N) is 2. The number of hydrogen-bond acceptors (Lipinski definition) is 4. The molecule has 0 saturated carbocycles. The van der Waals surface area contributed by atoms with Crippen LogP contribution in [0.4, 0.5) is 0 Å². The number of aromatic nitrogens is 2. The van der Waals surface area contributed by atoms with Crippen LogP contribution < -0.4 is 10.0 Å². The maximum Gasteiger partial charge on any atom is 0.209 e. The molecule has 0 saturated heterocycles. The Morgan fingerprint density at radius 1 is 1.45 bits per heavy atom. The summed E-state index contributed by atoms with van der Waals surface area (Å²) in [6.45, 7) is 8.24. The molecule has 2 rings (SSSR count). The Kier molecular flexibility index (Phi) is 4.22. The van der Waals surface area contributed by atoms with Crippen molar-refractivity contribution in [3.63, 3.8) is 0 Å². The fourth-order valence-corrected chi connectivity index (χ4v) is 3.88. The van der Waals surface area contributed by atoms with Crippen molar-refractivity contribution in [2.24, 2.45) is 0 Å². The van der Waals surface area contributed by atoms with Gasteiger partial charge in [0.2, 0.25) is 10.0 Å². The molecule has 0 aromatic carbocycles. The summed E-state index contributed by atoms with van der Waals surface area (Å²) >= 11 is 0. The van der Waals surface area contributed by atoms with Crippen LogP contribution in [-0.2, 0) is 36.0 Å². The van der Waals surface area contributed by atoms with Crippen molar-refractivity contribution in [3.05, 3.63) is 17.2 Å². The molecule has 0 bridgehead atoms. The van der Waals surface area contributed by atoms with E-state index in [4.69, 9.17) is 0 Å². The van der Waals surface area contributed by atoms with E-state index in [1.54, 1.807) is 0 Å². The highest BCUT2D eigenvalue weighted by Gasteiger charge is 2.27. The summed E-state index contributed by atoms with van der Waals surface area (Å²) in [6, 6.07) is 0. The standard InChI is InChI=1S/C13H24N4O2S/c1-5-12-15-10-8-14-7-6-11(10)17(12)9-13(2,3)16-20(4,18)19/h14,16H,5-9H2,1-4H3. The van der Waals surface area contributed by atoms with Gasteiger partial charge >= 0.3 is 0 Å². The third-order valence-corrected chi connectivity index (χ3v) is 4.32. The molecule has 0 fully saturated rings. The van der Waals surface area contributed by atoms with Gasteiger partial charge in [0, 0.05) is 43.7 Å². The van der Waals surface area contributed by atoms with Crippen LogP contribution in [0.5, 0.6) is 0 Å². The van der Waals surface area contributed by atoms with E-state index in [0.29, 0.717) is 6.54 Å². The van der Waals surface area contributed by atoms with Gasteiger partial charge in [-0.25, -0.2) is 18.1 Å². The monoisotopic (exact) mass is 300 g/mol. The first-order chi connectivity index (χ1) is 9.22. The fourth-order valence-electron chi connectivity index (χ4n) is 2.81. The Hall–Kier alpha value is -0.920. The average molecular weight is 300 g/mol. The van der Waals surface area contributed by atoms with Crippen molar-refractivity contribution in [2.75, 3.05) is 12.8 Å². The zero-order valence-electron chi connectivity index (χ0n) is 12.7. The summed E-state index contributed by atoms with van der Waals surface area (Å²) in [5.41, 5.74) is 1.81. The van der Waals surface area contributed by atoms with Gasteiger partial charge in [0.15, 0.2) is 0 Å². The number of rotatable bonds is 5. The van der Waals surface area contributed by atoms with Crippen LogP contribution in [0.1, 0.15) is 38.0 Å². The van der Waals surface area contributed by atoms with Crippen molar-refractivity contribution in [2.45, 2.75) is 52.2 Å². The van der Waals surface area contributed by atoms with E-state index >= 15 is 0 Å². The predicted octanol–water partition coefficient (Wildman–Crippen LogP) is 0.419. The van der Waals surface area contributed by atoms with Gasteiger partial charge < -0.3 is 9.88 Å². The van der Waals surface area contributed by atoms with Gasteiger partial charge in [-0.3, -0.25) is 0 Å².